The van der Waals surface area contributed by atoms with Gasteiger partial charge < -0.3 is 10.1 Å². The van der Waals surface area contributed by atoms with Gasteiger partial charge in [-0.3, -0.25) is 0 Å². The highest BCUT2D eigenvalue weighted by atomic mass is 16.5. The lowest BCUT2D eigenvalue weighted by molar-refractivity contribution is 0.418. The average Bonchev–Trinajstić information content (AvgIpc) is 2.44. The molecule has 0 spiro atoms. The summed E-state index contributed by atoms with van der Waals surface area (Å²) in [7, 11) is 1.67. The Balaban J connectivity index is 2.18. The number of hydrogen-bond donors (Lipinski definition) is 1. The number of benzene rings is 1. The number of pyridine rings is 1. The van der Waals surface area contributed by atoms with Crippen LogP contribution in [0.25, 0.3) is 10.9 Å². The standard InChI is InChI=1S/C16H20N2O/c1-4-6-12(2)17-11-14-10-9-13-7-5-8-15(19-3)16(13)18-14/h4-5,7-10,12,17H,1,6,11H2,2-3H3. The normalized spacial score (nSPS) is 12.3. The molecule has 1 unspecified atom stereocenters. The zero-order valence-electron chi connectivity index (χ0n) is 11.5. The number of rotatable bonds is 6. The Morgan fingerprint density at radius 3 is 2.95 bits per heavy atom. The van der Waals surface area contributed by atoms with E-state index in [1.165, 1.54) is 0 Å². The fourth-order valence-electron chi connectivity index (χ4n) is 2.04. The summed E-state index contributed by atoms with van der Waals surface area (Å²) >= 11 is 0. The monoisotopic (exact) mass is 256 g/mol. The number of ether oxygens (including phenoxy) is 1. The van der Waals surface area contributed by atoms with Crippen molar-refractivity contribution in [1.82, 2.24) is 10.3 Å². The average molecular weight is 256 g/mol. The van der Waals surface area contributed by atoms with E-state index in [4.69, 9.17) is 4.74 Å². The van der Waals surface area contributed by atoms with Crippen molar-refractivity contribution in [3.63, 3.8) is 0 Å². The van der Waals surface area contributed by atoms with Crippen LogP contribution in [0.2, 0.25) is 0 Å². The molecule has 1 N–H and O–H groups in total. The van der Waals surface area contributed by atoms with Gasteiger partial charge in [0.2, 0.25) is 0 Å². The van der Waals surface area contributed by atoms with Gasteiger partial charge in [0, 0.05) is 18.0 Å². The van der Waals surface area contributed by atoms with E-state index in [9.17, 15) is 0 Å². The maximum Gasteiger partial charge on any atom is 0.145 e. The minimum absolute atomic E-state index is 0.410. The Morgan fingerprint density at radius 2 is 2.21 bits per heavy atom. The second-order valence-corrected chi connectivity index (χ2v) is 4.64. The maximum atomic E-state index is 5.35. The number of fused-ring (bicyclic) bond motifs is 1. The van der Waals surface area contributed by atoms with Gasteiger partial charge >= 0.3 is 0 Å². The molecule has 2 aromatic rings. The van der Waals surface area contributed by atoms with Gasteiger partial charge in [-0.1, -0.05) is 24.3 Å². The summed E-state index contributed by atoms with van der Waals surface area (Å²) in [4.78, 5) is 4.66. The third-order valence-corrected chi connectivity index (χ3v) is 3.11. The molecule has 0 saturated heterocycles. The highest BCUT2D eigenvalue weighted by Crippen LogP contribution is 2.23. The number of nitrogens with one attached hydrogen (secondary N) is 1. The fourth-order valence-corrected chi connectivity index (χ4v) is 2.04. The van der Waals surface area contributed by atoms with Gasteiger partial charge in [0.15, 0.2) is 0 Å². The fraction of sp³-hybridized carbons (Fsp3) is 0.312. The molecule has 0 bridgehead atoms. The van der Waals surface area contributed by atoms with Gasteiger partial charge in [-0.2, -0.15) is 0 Å². The van der Waals surface area contributed by atoms with Crippen LogP contribution in [0.5, 0.6) is 5.75 Å². The van der Waals surface area contributed by atoms with Crippen LogP contribution in [0.4, 0.5) is 0 Å². The Morgan fingerprint density at radius 1 is 1.37 bits per heavy atom. The second-order valence-electron chi connectivity index (χ2n) is 4.64. The van der Waals surface area contributed by atoms with Gasteiger partial charge in [-0.05, 0) is 25.5 Å². The summed E-state index contributed by atoms with van der Waals surface area (Å²) in [6.45, 7) is 6.64. The number of nitrogens with zero attached hydrogens (tertiary/aromatic N) is 1. The molecule has 0 aliphatic carbocycles. The molecule has 3 nitrogen and oxygen atoms in total. The van der Waals surface area contributed by atoms with Crippen LogP contribution in [0, 0.1) is 0 Å². The minimum atomic E-state index is 0.410. The van der Waals surface area contributed by atoms with Crippen molar-refractivity contribution < 1.29 is 4.74 Å². The third-order valence-electron chi connectivity index (χ3n) is 3.11. The molecule has 2 rings (SSSR count). The quantitative estimate of drug-likeness (QED) is 0.805. The molecule has 1 heterocycles. The smallest absolute Gasteiger partial charge is 0.145 e. The lowest BCUT2D eigenvalue weighted by Gasteiger charge is -2.12. The molecule has 1 atom stereocenters. The second kappa shape index (κ2) is 6.34. The van der Waals surface area contributed by atoms with Crippen molar-refractivity contribution in [2.45, 2.75) is 25.9 Å². The molecule has 100 valence electrons. The lowest BCUT2D eigenvalue weighted by Crippen LogP contribution is -2.25. The Hall–Kier alpha value is -1.87. The molecular weight excluding hydrogens is 236 g/mol. The third kappa shape index (κ3) is 3.32. The van der Waals surface area contributed by atoms with Crippen LogP contribution in [-0.2, 0) is 6.54 Å². The van der Waals surface area contributed by atoms with Crippen molar-refractivity contribution in [2.24, 2.45) is 0 Å². The highest BCUT2D eigenvalue weighted by molar-refractivity contribution is 5.84. The molecule has 1 aromatic heterocycles. The summed E-state index contributed by atoms with van der Waals surface area (Å²) < 4.78 is 5.35. The SMILES string of the molecule is C=CCC(C)NCc1ccc2cccc(OC)c2n1. The largest absolute Gasteiger partial charge is 0.494 e. The highest BCUT2D eigenvalue weighted by Gasteiger charge is 2.05. The number of aromatic nitrogens is 1. The van der Waals surface area contributed by atoms with Crippen molar-refractivity contribution >= 4 is 10.9 Å². The van der Waals surface area contributed by atoms with Crippen LogP contribution in [0.1, 0.15) is 19.0 Å². The van der Waals surface area contributed by atoms with Crippen LogP contribution < -0.4 is 10.1 Å². The van der Waals surface area contributed by atoms with E-state index in [1.54, 1.807) is 7.11 Å². The lowest BCUT2D eigenvalue weighted by atomic mass is 10.2. The van der Waals surface area contributed by atoms with Crippen molar-refractivity contribution in [3.8, 4) is 5.75 Å². The van der Waals surface area contributed by atoms with E-state index >= 15 is 0 Å². The van der Waals surface area contributed by atoms with Crippen LogP contribution in [0.3, 0.4) is 0 Å². The number of para-hydroxylation sites is 1. The van der Waals surface area contributed by atoms with Crippen molar-refractivity contribution in [1.29, 1.82) is 0 Å². The first-order chi connectivity index (χ1) is 9.24. The number of hydrogen-bond acceptors (Lipinski definition) is 3. The van der Waals surface area contributed by atoms with Crippen LogP contribution in [0.15, 0.2) is 43.0 Å². The maximum absolute atomic E-state index is 5.35. The first-order valence-electron chi connectivity index (χ1n) is 6.51. The van der Waals surface area contributed by atoms with E-state index in [0.717, 1.165) is 35.3 Å². The molecule has 0 saturated carbocycles. The molecule has 0 aliphatic rings. The first-order valence-corrected chi connectivity index (χ1v) is 6.51. The minimum Gasteiger partial charge on any atom is -0.494 e. The summed E-state index contributed by atoms with van der Waals surface area (Å²) in [5.41, 5.74) is 1.94. The van der Waals surface area contributed by atoms with Gasteiger partial charge in [-0.25, -0.2) is 4.98 Å². The predicted octanol–water partition coefficient (Wildman–Crippen LogP) is 3.30. The summed E-state index contributed by atoms with van der Waals surface area (Å²) in [5, 5.41) is 4.53. The van der Waals surface area contributed by atoms with Crippen LogP contribution >= 0.6 is 0 Å². The Labute approximate surface area is 114 Å². The molecule has 0 aliphatic heterocycles. The molecule has 0 amide bonds. The zero-order chi connectivity index (χ0) is 13.7. The van der Waals surface area contributed by atoms with Gasteiger partial charge in [0.1, 0.15) is 11.3 Å². The predicted molar refractivity (Wildman–Crippen MR) is 79.4 cm³/mol. The van der Waals surface area contributed by atoms with Gasteiger partial charge in [0.25, 0.3) is 0 Å². The van der Waals surface area contributed by atoms with Crippen molar-refractivity contribution in [2.75, 3.05) is 7.11 Å². The Bertz CT molecular complexity index is 566. The molecule has 1 aromatic carbocycles. The van der Waals surface area contributed by atoms with E-state index in [-0.39, 0.29) is 0 Å². The molecule has 19 heavy (non-hydrogen) atoms. The summed E-state index contributed by atoms with van der Waals surface area (Å²) in [6, 6.07) is 10.5. The summed E-state index contributed by atoms with van der Waals surface area (Å²) in [5.74, 6) is 0.818. The Kier molecular flexibility index (Phi) is 4.53. The van der Waals surface area contributed by atoms with E-state index in [1.807, 2.05) is 24.3 Å². The first kappa shape index (κ1) is 13.6. The van der Waals surface area contributed by atoms with Gasteiger partial charge in [-0.15, -0.1) is 6.58 Å². The van der Waals surface area contributed by atoms with E-state index in [0.29, 0.717) is 6.04 Å². The topological polar surface area (TPSA) is 34.1 Å². The molecule has 3 heteroatoms. The van der Waals surface area contributed by atoms with Gasteiger partial charge in [0.05, 0.1) is 12.8 Å². The van der Waals surface area contributed by atoms with Crippen LogP contribution in [-0.4, -0.2) is 18.1 Å². The molecular formula is C16H20N2O. The zero-order valence-corrected chi connectivity index (χ0v) is 11.5. The number of methoxy groups -OCH3 is 1. The van der Waals surface area contributed by atoms with E-state index in [2.05, 4.69) is 35.9 Å². The van der Waals surface area contributed by atoms with E-state index < -0.39 is 0 Å². The molecule has 0 fully saturated rings. The van der Waals surface area contributed by atoms with Crippen molar-refractivity contribution in [3.05, 3.63) is 48.7 Å². The summed E-state index contributed by atoms with van der Waals surface area (Å²) in [6.07, 6.45) is 2.88. The molecule has 0 radical (unpaired) electrons.